The highest BCUT2D eigenvalue weighted by Gasteiger charge is 2.44. The van der Waals surface area contributed by atoms with E-state index in [-0.39, 0.29) is 17.9 Å². The molecular formula is C28H36N2O5. The van der Waals surface area contributed by atoms with Crippen molar-refractivity contribution in [3.05, 3.63) is 53.1 Å². The molecule has 5 atom stereocenters. The van der Waals surface area contributed by atoms with E-state index in [4.69, 9.17) is 14.2 Å². The molecule has 0 spiro atoms. The first-order chi connectivity index (χ1) is 16.8. The van der Waals surface area contributed by atoms with Crippen LogP contribution < -0.4 is 19.5 Å². The molecular weight excluding hydrogens is 444 g/mol. The first-order valence-electron chi connectivity index (χ1n) is 12.3. The predicted octanol–water partition coefficient (Wildman–Crippen LogP) is 4.56. The van der Waals surface area contributed by atoms with Crippen LogP contribution in [-0.2, 0) is 4.79 Å². The lowest BCUT2D eigenvalue weighted by atomic mass is 9.76. The van der Waals surface area contributed by atoms with Gasteiger partial charge in [0.2, 0.25) is 5.91 Å². The quantitative estimate of drug-likeness (QED) is 0.656. The van der Waals surface area contributed by atoms with E-state index in [2.05, 4.69) is 19.2 Å². The Morgan fingerprint density at radius 2 is 1.63 bits per heavy atom. The van der Waals surface area contributed by atoms with Crippen LogP contribution in [0.25, 0.3) is 0 Å². The molecule has 35 heavy (non-hydrogen) atoms. The Morgan fingerprint density at radius 1 is 0.971 bits per heavy atom. The van der Waals surface area contributed by atoms with Crippen molar-refractivity contribution in [2.24, 2.45) is 11.8 Å². The minimum absolute atomic E-state index is 0.0791. The number of likely N-dealkylation sites (N-methyl/N-ethyl adjacent to an activating group) is 1. The Morgan fingerprint density at radius 3 is 2.26 bits per heavy atom. The average molecular weight is 481 g/mol. The van der Waals surface area contributed by atoms with Crippen LogP contribution >= 0.6 is 0 Å². The lowest BCUT2D eigenvalue weighted by Gasteiger charge is -2.42. The van der Waals surface area contributed by atoms with E-state index in [1.165, 1.54) is 13.5 Å². The van der Waals surface area contributed by atoms with Gasteiger partial charge in [-0.3, -0.25) is 9.59 Å². The van der Waals surface area contributed by atoms with Crippen LogP contribution in [0.1, 0.15) is 66.6 Å². The number of carbonyl (C=O) groups is 2. The first kappa shape index (κ1) is 24.9. The summed E-state index contributed by atoms with van der Waals surface area (Å²) in [6, 6.07) is 10.7. The molecule has 1 heterocycles. The highest BCUT2D eigenvalue weighted by Crippen LogP contribution is 2.46. The van der Waals surface area contributed by atoms with Gasteiger partial charge >= 0.3 is 0 Å². The van der Waals surface area contributed by atoms with Gasteiger partial charge in [0.1, 0.15) is 5.75 Å². The van der Waals surface area contributed by atoms with Crippen molar-refractivity contribution in [3.8, 4) is 17.2 Å². The summed E-state index contributed by atoms with van der Waals surface area (Å²) >= 11 is 0. The number of fused-ring (bicyclic) bond motifs is 1. The lowest BCUT2D eigenvalue weighted by molar-refractivity contribution is -0.125. The Kier molecular flexibility index (Phi) is 7.24. The average Bonchev–Trinajstić information content (AvgIpc) is 2.87. The Hall–Kier alpha value is -3.22. The van der Waals surface area contributed by atoms with Crippen molar-refractivity contribution in [2.75, 3.05) is 28.4 Å². The van der Waals surface area contributed by atoms with Crippen LogP contribution in [0.3, 0.4) is 0 Å². The van der Waals surface area contributed by atoms with Crippen LogP contribution in [0.5, 0.6) is 17.2 Å². The van der Waals surface area contributed by atoms with Crippen molar-refractivity contribution in [2.45, 2.75) is 51.1 Å². The molecule has 7 nitrogen and oxygen atoms in total. The molecule has 0 unspecified atom stereocenters. The van der Waals surface area contributed by atoms with Gasteiger partial charge in [-0.15, -0.1) is 0 Å². The summed E-state index contributed by atoms with van der Waals surface area (Å²) in [5.41, 5.74) is 1.98. The molecule has 1 saturated carbocycles. The second-order valence-corrected chi connectivity index (χ2v) is 9.79. The molecule has 0 radical (unpaired) electrons. The molecule has 2 amide bonds. The second kappa shape index (κ2) is 10.2. The van der Waals surface area contributed by atoms with Gasteiger partial charge in [0.15, 0.2) is 11.5 Å². The fourth-order valence-corrected chi connectivity index (χ4v) is 5.61. The summed E-state index contributed by atoms with van der Waals surface area (Å²) in [4.78, 5) is 29.2. The molecule has 1 N–H and O–H groups in total. The zero-order valence-electron chi connectivity index (χ0n) is 21.5. The number of hydrogen-bond donors (Lipinski definition) is 1. The van der Waals surface area contributed by atoms with Crippen molar-refractivity contribution >= 4 is 11.8 Å². The van der Waals surface area contributed by atoms with Crippen molar-refractivity contribution in [3.63, 3.8) is 0 Å². The molecule has 2 aromatic carbocycles. The van der Waals surface area contributed by atoms with Crippen LogP contribution in [0.2, 0.25) is 0 Å². The topological polar surface area (TPSA) is 77.1 Å². The maximum atomic E-state index is 14.0. The highest BCUT2D eigenvalue weighted by molar-refractivity contribution is 6.02. The molecule has 0 aromatic heterocycles. The van der Waals surface area contributed by atoms with Gasteiger partial charge in [0, 0.05) is 18.7 Å². The Bertz CT molecular complexity index is 1080. The maximum Gasteiger partial charge on any atom is 0.254 e. The summed E-state index contributed by atoms with van der Waals surface area (Å²) in [5, 5.41) is 3.36. The molecule has 4 rings (SSSR count). The molecule has 2 aliphatic rings. The summed E-state index contributed by atoms with van der Waals surface area (Å²) in [5.74, 6) is 1.77. The van der Waals surface area contributed by atoms with Gasteiger partial charge < -0.3 is 24.4 Å². The van der Waals surface area contributed by atoms with Gasteiger partial charge in [-0.2, -0.15) is 0 Å². The number of nitrogens with one attached hydrogen (secondary N) is 1. The smallest absolute Gasteiger partial charge is 0.254 e. The van der Waals surface area contributed by atoms with Crippen LogP contribution in [-0.4, -0.2) is 51.1 Å². The van der Waals surface area contributed by atoms with Crippen molar-refractivity contribution in [1.29, 1.82) is 0 Å². The standard InChI is InChI=1S/C28H36N2O5/c1-16-8-7-9-22(17(16)2)29-27(31)25-20-14-23(34-5)24(35-6)15-21(20)28(32)30(3)26(25)18-10-12-19(33-4)13-11-18/h10-17,22,25-26H,7-9H2,1-6H3,(H,29,31)/t16-,17+,22-,25-,26-/m1/s1. The minimum Gasteiger partial charge on any atom is -0.497 e. The number of nitrogens with zero attached hydrogens (tertiary/aromatic N) is 1. The first-order valence-corrected chi connectivity index (χ1v) is 12.3. The number of hydrogen-bond acceptors (Lipinski definition) is 5. The van der Waals surface area contributed by atoms with Gasteiger partial charge in [-0.25, -0.2) is 0 Å². The summed E-state index contributed by atoms with van der Waals surface area (Å²) in [7, 11) is 6.46. The SMILES string of the molecule is COc1ccc([C@@H]2[C@H](C(=O)N[C@@H]3CCC[C@@H](C)[C@@H]3C)c3cc(OC)c(OC)cc3C(=O)N2C)cc1. The van der Waals surface area contributed by atoms with E-state index in [1.54, 1.807) is 38.3 Å². The minimum atomic E-state index is -0.606. The van der Waals surface area contributed by atoms with Gasteiger partial charge in [0.25, 0.3) is 5.91 Å². The van der Waals surface area contributed by atoms with Crippen molar-refractivity contribution in [1.82, 2.24) is 10.2 Å². The fraction of sp³-hybridized carbons (Fsp3) is 0.500. The molecule has 188 valence electrons. The monoisotopic (exact) mass is 480 g/mol. The normalized spacial score (nSPS) is 26.1. The largest absolute Gasteiger partial charge is 0.497 e. The van der Waals surface area contributed by atoms with Crippen LogP contribution in [0.4, 0.5) is 0 Å². The molecule has 0 saturated heterocycles. The van der Waals surface area contributed by atoms with Crippen molar-refractivity contribution < 1.29 is 23.8 Å². The number of rotatable bonds is 6. The van der Waals surface area contributed by atoms with Gasteiger partial charge in [0.05, 0.1) is 33.3 Å². The molecule has 1 fully saturated rings. The summed E-state index contributed by atoms with van der Waals surface area (Å²) < 4.78 is 16.3. The van der Waals surface area contributed by atoms with Gasteiger partial charge in [-0.05, 0) is 53.6 Å². The second-order valence-electron chi connectivity index (χ2n) is 9.79. The molecule has 1 aliphatic carbocycles. The van der Waals surface area contributed by atoms with E-state index < -0.39 is 12.0 Å². The van der Waals surface area contributed by atoms with Crippen LogP contribution in [0, 0.1) is 11.8 Å². The highest BCUT2D eigenvalue weighted by atomic mass is 16.5. The van der Waals surface area contributed by atoms with E-state index in [0.29, 0.717) is 34.5 Å². The summed E-state index contributed by atoms with van der Waals surface area (Å²) in [6.45, 7) is 4.47. The van der Waals surface area contributed by atoms with E-state index in [0.717, 1.165) is 24.2 Å². The third-order valence-corrected chi connectivity index (χ3v) is 7.95. The molecule has 0 bridgehead atoms. The molecule has 7 heteroatoms. The third kappa shape index (κ3) is 4.56. The number of carbonyl (C=O) groups excluding carboxylic acids is 2. The number of ether oxygens (including phenoxy) is 3. The lowest BCUT2D eigenvalue weighted by Crippen LogP contribution is -2.50. The maximum absolute atomic E-state index is 14.0. The van der Waals surface area contributed by atoms with Crippen LogP contribution in [0.15, 0.2) is 36.4 Å². The molecule has 2 aromatic rings. The zero-order valence-corrected chi connectivity index (χ0v) is 21.5. The number of methoxy groups -OCH3 is 3. The number of benzene rings is 2. The predicted molar refractivity (Wildman–Crippen MR) is 134 cm³/mol. The fourth-order valence-electron chi connectivity index (χ4n) is 5.61. The summed E-state index contributed by atoms with van der Waals surface area (Å²) in [6.07, 6.45) is 3.25. The molecule has 1 aliphatic heterocycles. The Balaban J connectivity index is 1.82. The Labute approximate surface area is 207 Å². The van der Waals surface area contributed by atoms with Gasteiger partial charge in [-0.1, -0.05) is 38.8 Å². The van der Waals surface area contributed by atoms with E-state index in [1.807, 2.05) is 24.3 Å². The number of amides is 2. The third-order valence-electron chi connectivity index (χ3n) is 7.95. The van der Waals surface area contributed by atoms with E-state index >= 15 is 0 Å². The van der Waals surface area contributed by atoms with E-state index in [9.17, 15) is 9.59 Å². The zero-order chi connectivity index (χ0) is 25.3.